The largest absolute Gasteiger partial charge is 0.463 e. The minimum Gasteiger partial charge on any atom is -0.463 e. The first-order valence-corrected chi connectivity index (χ1v) is 5.71. The maximum Gasteiger partial charge on any atom is 0.326 e. The maximum atomic E-state index is 11.9. The van der Waals surface area contributed by atoms with Gasteiger partial charge in [0.05, 0.1) is 12.6 Å². The summed E-state index contributed by atoms with van der Waals surface area (Å²) < 4.78 is 5.17. The molecule has 0 bridgehead atoms. The summed E-state index contributed by atoms with van der Waals surface area (Å²) in [7, 11) is 0. The third-order valence-corrected chi connectivity index (χ3v) is 3.50. The zero-order valence-corrected chi connectivity index (χ0v) is 9.82. The van der Waals surface area contributed by atoms with E-state index in [4.69, 9.17) is 4.74 Å². The molecule has 0 aromatic heterocycles. The van der Waals surface area contributed by atoms with Crippen LogP contribution in [0.5, 0.6) is 0 Å². The van der Waals surface area contributed by atoms with Gasteiger partial charge in [0.1, 0.15) is 12.1 Å². The Hall–Kier alpha value is -0.610. The summed E-state index contributed by atoms with van der Waals surface area (Å²) in [5.74, 6) is -0.140. The monoisotopic (exact) mass is 215 g/mol. The third-order valence-electron chi connectivity index (χ3n) is 3.50. The molecule has 0 amide bonds. The zero-order valence-electron chi connectivity index (χ0n) is 9.82. The molecular weight excluding hydrogens is 194 g/mol. The molecule has 4 nitrogen and oxygen atoms in total. The van der Waals surface area contributed by atoms with Crippen LogP contribution in [0.2, 0.25) is 0 Å². The summed E-state index contributed by atoms with van der Waals surface area (Å²) in [6.45, 7) is 7.12. The molecule has 0 aromatic rings. The van der Waals surface area contributed by atoms with E-state index in [9.17, 15) is 9.90 Å². The molecule has 1 N–H and O–H groups in total. The summed E-state index contributed by atoms with van der Waals surface area (Å²) in [5.41, 5.74) is -0.527. The molecule has 88 valence electrons. The SMILES string of the molecule is CCN1C(CO)COC(=O)C1(CC)CC. The standard InChI is InChI=1S/C11H21NO3/c1-4-11(5-2)10(14)15-8-9(7-13)12(11)6-3/h9,13H,4-8H2,1-3H3. The topological polar surface area (TPSA) is 49.8 Å². The Balaban J connectivity index is 2.99. The van der Waals surface area contributed by atoms with Crippen molar-refractivity contribution >= 4 is 5.97 Å². The molecule has 1 rings (SSSR count). The second-order valence-electron chi connectivity index (χ2n) is 3.96. The highest BCUT2D eigenvalue weighted by Gasteiger charge is 2.48. The van der Waals surface area contributed by atoms with E-state index in [2.05, 4.69) is 4.90 Å². The molecule has 1 saturated heterocycles. The molecule has 1 aliphatic rings. The van der Waals surface area contributed by atoms with Crippen molar-refractivity contribution in [2.45, 2.75) is 45.2 Å². The van der Waals surface area contributed by atoms with E-state index in [0.717, 1.165) is 19.4 Å². The van der Waals surface area contributed by atoms with Crippen molar-refractivity contribution in [2.75, 3.05) is 19.8 Å². The average molecular weight is 215 g/mol. The lowest BCUT2D eigenvalue weighted by Gasteiger charge is -2.47. The lowest BCUT2D eigenvalue weighted by molar-refractivity contribution is -0.178. The Morgan fingerprint density at radius 2 is 2.07 bits per heavy atom. The minimum atomic E-state index is -0.527. The number of esters is 1. The van der Waals surface area contributed by atoms with Crippen LogP contribution in [0.15, 0.2) is 0 Å². The third kappa shape index (κ3) is 1.88. The minimum absolute atomic E-state index is 0.0445. The van der Waals surface area contributed by atoms with Gasteiger partial charge in [-0.05, 0) is 19.4 Å². The molecule has 0 aromatic carbocycles. The van der Waals surface area contributed by atoms with Gasteiger partial charge in [-0.3, -0.25) is 9.69 Å². The van der Waals surface area contributed by atoms with Crippen molar-refractivity contribution in [2.24, 2.45) is 0 Å². The number of likely N-dealkylation sites (N-methyl/N-ethyl adjacent to an activating group) is 1. The van der Waals surface area contributed by atoms with E-state index in [1.54, 1.807) is 0 Å². The normalized spacial score (nSPS) is 26.4. The molecule has 15 heavy (non-hydrogen) atoms. The number of nitrogens with zero attached hydrogens (tertiary/aromatic N) is 1. The second-order valence-corrected chi connectivity index (χ2v) is 3.96. The predicted molar refractivity (Wildman–Crippen MR) is 57.5 cm³/mol. The number of ether oxygens (including phenoxy) is 1. The van der Waals surface area contributed by atoms with Crippen LogP contribution < -0.4 is 0 Å². The predicted octanol–water partition coefficient (Wildman–Crippen LogP) is 0.785. The summed E-state index contributed by atoms with van der Waals surface area (Å²) in [6, 6.07) is -0.0485. The van der Waals surface area contributed by atoms with Crippen molar-refractivity contribution in [1.29, 1.82) is 0 Å². The van der Waals surface area contributed by atoms with Crippen molar-refractivity contribution in [1.82, 2.24) is 4.90 Å². The molecule has 0 saturated carbocycles. The molecule has 1 unspecified atom stereocenters. The van der Waals surface area contributed by atoms with Gasteiger partial charge in [-0.25, -0.2) is 0 Å². The van der Waals surface area contributed by atoms with E-state index in [1.807, 2.05) is 20.8 Å². The lowest BCUT2D eigenvalue weighted by atomic mass is 9.87. The second kappa shape index (κ2) is 4.94. The van der Waals surface area contributed by atoms with E-state index in [1.165, 1.54) is 0 Å². The number of hydrogen-bond donors (Lipinski definition) is 1. The van der Waals surface area contributed by atoms with Gasteiger partial charge < -0.3 is 9.84 Å². The van der Waals surface area contributed by atoms with E-state index in [0.29, 0.717) is 6.61 Å². The summed E-state index contributed by atoms with van der Waals surface area (Å²) in [6.07, 6.45) is 1.46. The van der Waals surface area contributed by atoms with Crippen LogP contribution in [-0.2, 0) is 9.53 Å². The molecule has 1 heterocycles. The van der Waals surface area contributed by atoms with Crippen LogP contribution in [0.25, 0.3) is 0 Å². The number of rotatable bonds is 4. The highest BCUT2D eigenvalue weighted by molar-refractivity contribution is 5.81. The maximum absolute atomic E-state index is 11.9. The highest BCUT2D eigenvalue weighted by Crippen LogP contribution is 2.31. The van der Waals surface area contributed by atoms with Gasteiger partial charge >= 0.3 is 5.97 Å². The number of cyclic esters (lactones) is 1. The smallest absolute Gasteiger partial charge is 0.326 e. The fourth-order valence-electron chi connectivity index (χ4n) is 2.52. The van der Waals surface area contributed by atoms with Crippen LogP contribution in [0, 0.1) is 0 Å². The number of morpholine rings is 1. The van der Waals surface area contributed by atoms with Crippen molar-refractivity contribution < 1.29 is 14.6 Å². The van der Waals surface area contributed by atoms with Gasteiger partial charge in [-0.15, -0.1) is 0 Å². The van der Waals surface area contributed by atoms with Crippen molar-refractivity contribution in [3.63, 3.8) is 0 Å². The van der Waals surface area contributed by atoms with Gasteiger partial charge in [0, 0.05) is 0 Å². The summed E-state index contributed by atoms with van der Waals surface area (Å²) in [4.78, 5) is 13.9. The highest BCUT2D eigenvalue weighted by atomic mass is 16.5. The van der Waals surface area contributed by atoms with Gasteiger partial charge in [-0.1, -0.05) is 20.8 Å². The zero-order chi connectivity index (χ0) is 11.5. The van der Waals surface area contributed by atoms with Gasteiger partial charge in [0.25, 0.3) is 0 Å². The first kappa shape index (κ1) is 12.5. The van der Waals surface area contributed by atoms with Gasteiger partial charge in [0.15, 0.2) is 0 Å². The van der Waals surface area contributed by atoms with Crippen LogP contribution >= 0.6 is 0 Å². The quantitative estimate of drug-likeness (QED) is 0.704. The lowest BCUT2D eigenvalue weighted by Crippen LogP contribution is -2.64. The van der Waals surface area contributed by atoms with E-state index < -0.39 is 5.54 Å². The fraction of sp³-hybridized carbons (Fsp3) is 0.909. The number of aliphatic hydroxyl groups is 1. The number of hydrogen-bond acceptors (Lipinski definition) is 4. The summed E-state index contributed by atoms with van der Waals surface area (Å²) in [5, 5.41) is 9.27. The Labute approximate surface area is 91.2 Å². The first-order valence-electron chi connectivity index (χ1n) is 5.71. The Bertz CT molecular complexity index is 226. The van der Waals surface area contributed by atoms with Crippen LogP contribution in [0.1, 0.15) is 33.6 Å². The molecular formula is C11H21NO3. The van der Waals surface area contributed by atoms with Crippen LogP contribution in [-0.4, -0.2) is 47.3 Å². The van der Waals surface area contributed by atoms with E-state index in [-0.39, 0.29) is 18.6 Å². The molecule has 4 heteroatoms. The van der Waals surface area contributed by atoms with Gasteiger partial charge in [0.2, 0.25) is 0 Å². The fourth-order valence-corrected chi connectivity index (χ4v) is 2.52. The average Bonchev–Trinajstić information content (AvgIpc) is 2.28. The number of carbonyl (C=O) groups excluding carboxylic acids is 1. The number of aliphatic hydroxyl groups excluding tert-OH is 1. The first-order chi connectivity index (χ1) is 7.16. The Morgan fingerprint density at radius 3 is 2.47 bits per heavy atom. The van der Waals surface area contributed by atoms with Crippen LogP contribution in [0.3, 0.4) is 0 Å². The summed E-state index contributed by atoms with van der Waals surface area (Å²) >= 11 is 0. The Morgan fingerprint density at radius 1 is 1.47 bits per heavy atom. The van der Waals surface area contributed by atoms with Crippen molar-refractivity contribution in [3.05, 3.63) is 0 Å². The van der Waals surface area contributed by atoms with E-state index >= 15 is 0 Å². The molecule has 0 spiro atoms. The molecule has 1 aliphatic heterocycles. The van der Waals surface area contributed by atoms with Gasteiger partial charge in [-0.2, -0.15) is 0 Å². The molecule has 1 fully saturated rings. The molecule has 1 atom stereocenters. The Kier molecular flexibility index (Phi) is 4.11. The number of carbonyl (C=O) groups is 1. The van der Waals surface area contributed by atoms with Crippen LogP contribution in [0.4, 0.5) is 0 Å². The molecule has 0 radical (unpaired) electrons. The molecule has 0 aliphatic carbocycles. The van der Waals surface area contributed by atoms with Crippen molar-refractivity contribution in [3.8, 4) is 0 Å².